The number of rotatable bonds is 2. The maximum atomic E-state index is 6.02. The lowest BCUT2D eigenvalue weighted by atomic mass is 9.82. The van der Waals surface area contributed by atoms with Gasteiger partial charge in [0.15, 0.2) is 0 Å². The van der Waals surface area contributed by atoms with Gasteiger partial charge in [0.1, 0.15) is 6.61 Å². The van der Waals surface area contributed by atoms with Gasteiger partial charge in [0.05, 0.1) is 17.3 Å². The van der Waals surface area contributed by atoms with E-state index < -0.39 is 0 Å². The second-order valence-corrected chi connectivity index (χ2v) is 4.80. The zero-order valence-corrected chi connectivity index (χ0v) is 9.22. The van der Waals surface area contributed by atoms with Crippen LogP contribution in [0.5, 0.6) is 0 Å². The van der Waals surface area contributed by atoms with Crippen LogP contribution in [0.1, 0.15) is 40.0 Å². The highest BCUT2D eigenvalue weighted by molar-refractivity contribution is 5.07. The molecule has 2 rings (SSSR count). The Labute approximate surface area is 86.0 Å². The molecule has 0 spiro atoms. The minimum atomic E-state index is -0.0514. The van der Waals surface area contributed by atoms with Crippen LogP contribution in [0.25, 0.3) is 0 Å². The highest BCUT2D eigenvalue weighted by Crippen LogP contribution is 2.51. The summed E-state index contributed by atoms with van der Waals surface area (Å²) in [5.74, 6) is 5.78. The van der Waals surface area contributed by atoms with Crippen molar-refractivity contribution in [3.8, 4) is 11.8 Å². The van der Waals surface area contributed by atoms with Crippen molar-refractivity contribution in [3.63, 3.8) is 0 Å². The standard InChI is InChI=1S/C12H18O2/c1-4-5-8-13-10-9-11(2)6-7-12(10,3)14-11/h10H,6-9H2,1-3H3/t10-,11-,12+/m0/s1. The van der Waals surface area contributed by atoms with E-state index in [4.69, 9.17) is 9.47 Å². The third-order valence-corrected chi connectivity index (χ3v) is 3.46. The summed E-state index contributed by atoms with van der Waals surface area (Å²) in [5, 5.41) is 0. The van der Waals surface area contributed by atoms with Gasteiger partial charge in [-0.15, -0.1) is 5.92 Å². The van der Waals surface area contributed by atoms with Gasteiger partial charge < -0.3 is 9.47 Å². The van der Waals surface area contributed by atoms with E-state index in [0.717, 1.165) is 12.8 Å². The van der Waals surface area contributed by atoms with Crippen LogP contribution < -0.4 is 0 Å². The summed E-state index contributed by atoms with van der Waals surface area (Å²) in [4.78, 5) is 0. The third-order valence-electron chi connectivity index (χ3n) is 3.46. The summed E-state index contributed by atoms with van der Waals surface area (Å²) in [6, 6.07) is 0. The summed E-state index contributed by atoms with van der Waals surface area (Å²) >= 11 is 0. The Hall–Kier alpha value is -0.520. The van der Waals surface area contributed by atoms with Gasteiger partial charge >= 0.3 is 0 Å². The van der Waals surface area contributed by atoms with Crippen molar-refractivity contribution < 1.29 is 9.47 Å². The molecule has 2 nitrogen and oxygen atoms in total. The van der Waals surface area contributed by atoms with E-state index in [1.165, 1.54) is 6.42 Å². The fraction of sp³-hybridized carbons (Fsp3) is 0.833. The van der Waals surface area contributed by atoms with Crippen molar-refractivity contribution in [2.24, 2.45) is 0 Å². The van der Waals surface area contributed by atoms with E-state index in [1.807, 2.05) is 6.92 Å². The van der Waals surface area contributed by atoms with Crippen LogP contribution in [-0.2, 0) is 9.47 Å². The molecule has 2 saturated heterocycles. The van der Waals surface area contributed by atoms with Crippen LogP contribution >= 0.6 is 0 Å². The Morgan fingerprint density at radius 1 is 1.43 bits per heavy atom. The molecule has 14 heavy (non-hydrogen) atoms. The fourth-order valence-electron chi connectivity index (χ4n) is 2.61. The van der Waals surface area contributed by atoms with Gasteiger partial charge in [-0.1, -0.05) is 5.92 Å². The highest BCUT2D eigenvalue weighted by atomic mass is 16.6. The van der Waals surface area contributed by atoms with Gasteiger partial charge in [0.2, 0.25) is 0 Å². The average molecular weight is 194 g/mol. The van der Waals surface area contributed by atoms with Crippen molar-refractivity contribution in [3.05, 3.63) is 0 Å². The molecule has 2 bridgehead atoms. The largest absolute Gasteiger partial charge is 0.366 e. The number of fused-ring (bicyclic) bond motifs is 2. The van der Waals surface area contributed by atoms with E-state index in [1.54, 1.807) is 0 Å². The molecule has 0 aromatic carbocycles. The Kier molecular flexibility index (Phi) is 2.33. The van der Waals surface area contributed by atoms with Crippen LogP contribution in [0.2, 0.25) is 0 Å². The van der Waals surface area contributed by atoms with Gasteiger partial charge in [0.25, 0.3) is 0 Å². The second kappa shape index (κ2) is 3.25. The topological polar surface area (TPSA) is 18.5 Å². The molecule has 0 amide bonds. The summed E-state index contributed by atoms with van der Waals surface area (Å²) in [5.41, 5.74) is 0.0171. The number of ether oxygens (including phenoxy) is 2. The fourth-order valence-corrected chi connectivity index (χ4v) is 2.61. The van der Waals surface area contributed by atoms with Crippen molar-refractivity contribution in [2.45, 2.75) is 57.3 Å². The predicted molar refractivity (Wildman–Crippen MR) is 54.9 cm³/mol. The Bertz CT molecular complexity index is 288. The lowest BCUT2D eigenvalue weighted by Gasteiger charge is -2.28. The molecule has 3 atom stereocenters. The first kappa shape index (κ1) is 10.0. The molecule has 2 aliphatic heterocycles. The average Bonchev–Trinajstić information content (AvgIpc) is 2.54. The molecule has 0 unspecified atom stereocenters. The molecule has 2 heterocycles. The first-order chi connectivity index (χ1) is 6.58. The monoisotopic (exact) mass is 194 g/mol. The Morgan fingerprint density at radius 2 is 2.21 bits per heavy atom. The number of hydrogen-bond acceptors (Lipinski definition) is 2. The second-order valence-electron chi connectivity index (χ2n) is 4.80. The zero-order chi connectivity index (χ0) is 10.2. The maximum absolute atomic E-state index is 6.02. The first-order valence-electron chi connectivity index (χ1n) is 5.29. The lowest BCUT2D eigenvalue weighted by molar-refractivity contribution is -0.0723. The molecule has 0 aliphatic carbocycles. The third kappa shape index (κ3) is 1.55. The summed E-state index contributed by atoms with van der Waals surface area (Å²) < 4.78 is 11.8. The molecule has 0 saturated carbocycles. The van der Waals surface area contributed by atoms with Gasteiger partial charge in [-0.3, -0.25) is 0 Å². The molecule has 0 aromatic rings. The Morgan fingerprint density at radius 3 is 2.71 bits per heavy atom. The van der Waals surface area contributed by atoms with Gasteiger partial charge in [0, 0.05) is 6.42 Å². The zero-order valence-electron chi connectivity index (χ0n) is 9.22. The van der Waals surface area contributed by atoms with Crippen molar-refractivity contribution in [1.82, 2.24) is 0 Å². The molecule has 0 radical (unpaired) electrons. The predicted octanol–water partition coefficient (Wildman–Crippen LogP) is 2.13. The van der Waals surface area contributed by atoms with Gasteiger partial charge in [-0.05, 0) is 33.6 Å². The lowest BCUT2D eigenvalue weighted by Crippen LogP contribution is -2.37. The normalized spacial score (nSPS) is 44.9. The van der Waals surface area contributed by atoms with Gasteiger partial charge in [-0.2, -0.15) is 0 Å². The molecule has 2 fully saturated rings. The minimum Gasteiger partial charge on any atom is -0.366 e. The number of hydrogen-bond donors (Lipinski definition) is 0. The molecule has 2 heteroatoms. The molecule has 0 aromatic heterocycles. The van der Waals surface area contributed by atoms with Crippen molar-refractivity contribution in [2.75, 3.05) is 6.61 Å². The van der Waals surface area contributed by atoms with Crippen molar-refractivity contribution >= 4 is 0 Å². The van der Waals surface area contributed by atoms with E-state index in [0.29, 0.717) is 6.61 Å². The maximum Gasteiger partial charge on any atom is 0.108 e. The quantitative estimate of drug-likeness (QED) is 0.627. The SMILES string of the molecule is CC#CCO[C@H]1C[C@]2(C)CC[C@@]1(C)O2. The molecule has 78 valence electrons. The highest BCUT2D eigenvalue weighted by Gasteiger charge is 2.57. The molecule has 0 N–H and O–H groups in total. The van der Waals surface area contributed by atoms with Crippen molar-refractivity contribution in [1.29, 1.82) is 0 Å². The van der Waals surface area contributed by atoms with Crippen LogP contribution in [0.15, 0.2) is 0 Å². The summed E-state index contributed by atoms with van der Waals surface area (Å²) in [6.45, 7) is 6.72. The molecular weight excluding hydrogens is 176 g/mol. The summed E-state index contributed by atoms with van der Waals surface area (Å²) in [7, 11) is 0. The Balaban J connectivity index is 1.97. The van der Waals surface area contributed by atoms with Crippen LogP contribution in [-0.4, -0.2) is 23.9 Å². The molecule has 2 aliphatic rings. The van der Waals surface area contributed by atoms with E-state index >= 15 is 0 Å². The van der Waals surface area contributed by atoms with Crippen LogP contribution in [0.4, 0.5) is 0 Å². The van der Waals surface area contributed by atoms with E-state index in [2.05, 4.69) is 25.7 Å². The smallest absolute Gasteiger partial charge is 0.108 e. The molecular formula is C12H18O2. The van der Waals surface area contributed by atoms with Crippen LogP contribution in [0.3, 0.4) is 0 Å². The van der Waals surface area contributed by atoms with Gasteiger partial charge in [-0.25, -0.2) is 0 Å². The summed E-state index contributed by atoms with van der Waals surface area (Å²) in [6.07, 6.45) is 3.55. The van der Waals surface area contributed by atoms with E-state index in [-0.39, 0.29) is 17.3 Å². The van der Waals surface area contributed by atoms with E-state index in [9.17, 15) is 0 Å². The first-order valence-corrected chi connectivity index (χ1v) is 5.29. The van der Waals surface area contributed by atoms with Crippen LogP contribution in [0, 0.1) is 11.8 Å². The minimum absolute atomic E-state index is 0.0514.